The van der Waals surface area contributed by atoms with Crippen LogP contribution in [0.5, 0.6) is 0 Å². The molecule has 0 amide bonds. The maximum atomic E-state index is 3.73. The number of nitrogens with zero attached hydrogens (tertiary/aromatic N) is 1. The molecule has 0 spiro atoms. The van der Waals surface area contributed by atoms with Crippen LogP contribution in [0.3, 0.4) is 0 Å². The maximum Gasteiger partial charge on any atom is 0.257 e. The molecule has 1 heterocycles. The number of aromatic nitrogens is 2. The zero-order valence-corrected chi connectivity index (χ0v) is 31.1. The second-order valence-electron chi connectivity index (χ2n) is 14.7. The molecule has 0 aliphatic heterocycles. The predicted molar refractivity (Wildman–Crippen MR) is 198 cm³/mol. The number of unbranched alkanes of at least 4 members (excludes halogenated alkanes) is 27. The van der Waals surface area contributed by atoms with E-state index in [1.165, 1.54) is 218 Å². The average molecular weight is 616 g/mol. The van der Waals surface area contributed by atoms with Crippen molar-refractivity contribution >= 4 is 0 Å². The molecule has 0 saturated carbocycles. The van der Waals surface area contributed by atoms with Gasteiger partial charge in [-0.3, -0.25) is 0 Å². The molecule has 44 heavy (non-hydrogen) atoms. The Balaban J connectivity index is 2.28. The van der Waals surface area contributed by atoms with Crippen molar-refractivity contribution in [3.8, 4) is 0 Å². The SMILES string of the molecule is CCCCCCCCCCCCCCCCCCC(CCCCCCCCCCCCC)c1[nH]cc[n+]1C(C)CCCCC. The van der Waals surface area contributed by atoms with E-state index in [9.17, 15) is 0 Å². The maximum absolute atomic E-state index is 3.73. The summed E-state index contributed by atoms with van der Waals surface area (Å²) in [5, 5.41) is 0. The fourth-order valence-electron chi connectivity index (χ4n) is 7.31. The molecule has 0 aliphatic rings. The molecule has 1 rings (SSSR count). The molecule has 0 aliphatic carbocycles. The van der Waals surface area contributed by atoms with E-state index < -0.39 is 0 Å². The molecule has 2 atom stereocenters. The Morgan fingerprint density at radius 1 is 0.432 bits per heavy atom. The van der Waals surface area contributed by atoms with Crippen molar-refractivity contribution in [2.75, 3.05) is 0 Å². The first-order chi connectivity index (χ1) is 21.7. The minimum Gasteiger partial charge on any atom is -0.247 e. The van der Waals surface area contributed by atoms with E-state index in [4.69, 9.17) is 0 Å². The molecule has 0 saturated heterocycles. The highest BCUT2D eigenvalue weighted by Gasteiger charge is 2.25. The second kappa shape index (κ2) is 32.2. The van der Waals surface area contributed by atoms with Gasteiger partial charge < -0.3 is 0 Å². The fourth-order valence-corrected chi connectivity index (χ4v) is 7.31. The van der Waals surface area contributed by atoms with Crippen molar-refractivity contribution in [1.82, 2.24) is 4.98 Å². The largest absolute Gasteiger partial charge is 0.257 e. The lowest BCUT2D eigenvalue weighted by Gasteiger charge is -2.17. The summed E-state index contributed by atoms with van der Waals surface area (Å²) in [6, 6.07) is 0.619. The Labute approximate surface area is 278 Å². The van der Waals surface area contributed by atoms with Gasteiger partial charge in [0.05, 0.1) is 12.0 Å². The van der Waals surface area contributed by atoms with Crippen molar-refractivity contribution in [3.05, 3.63) is 18.2 Å². The minimum absolute atomic E-state index is 0.619. The smallest absolute Gasteiger partial charge is 0.247 e. The van der Waals surface area contributed by atoms with Gasteiger partial charge in [0.2, 0.25) is 0 Å². The third-order valence-corrected chi connectivity index (χ3v) is 10.4. The number of nitrogens with one attached hydrogen (secondary N) is 1. The van der Waals surface area contributed by atoms with E-state index in [2.05, 4.69) is 49.6 Å². The highest BCUT2D eigenvalue weighted by atomic mass is 15.1. The Morgan fingerprint density at radius 2 is 0.727 bits per heavy atom. The summed E-state index contributed by atoms with van der Waals surface area (Å²) in [6.45, 7) is 9.39. The normalized spacial score (nSPS) is 13.1. The molecule has 0 fully saturated rings. The van der Waals surface area contributed by atoms with Crippen LogP contribution in [0, 0.1) is 0 Å². The lowest BCUT2D eigenvalue weighted by Crippen LogP contribution is -2.41. The van der Waals surface area contributed by atoms with Crippen LogP contribution in [0.15, 0.2) is 12.4 Å². The van der Waals surface area contributed by atoms with Gasteiger partial charge in [0.25, 0.3) is 5.82 Å². The van der Waals surface area contributed by atoms with E-state index in [-0.39, 0.29) is 0 Å². The van der Waals surface area contributed by atoms with Crippen LogP contribution in [-0.2, 0) is 0 Å². The van der Waals surface area contributed by atoms with E-state index >= 15 is 0 Å². The summed E-state index contributed by atoms with van der Waals surface area (Å²) < 4.78 is 2.62. The third kappa shape index (κ3) is 23.5. The van der Waals surface area contributed by atoms with Gasteiger partial charge >= 0.3 is 0 Å². The molecule has 1 aromatic rings. The van der Waals surface area contributed by atoms with Crippen LogP contribution in [0.4, 0.5) is 0 Å². The summed E-state index contributed by atoms with van der Waals surface area (Å²) in [5.41, 5.74) is 0. The molecule has 260 valence electrons. The van der Waals surface area contributed by atoms with Crippen molar-refractivity contribution < 1.29 is 4.57 Å². The molecule has 1 aromatic heterocycles. The lowest BCUT2D eigenvalue weighted by atomic mass is 9.92. The molecule has 0 radical (unpaired) electrons. The van der Waals surface area contributed by atoms with Crippen molar-refractivity contribution in [2.24, 2.45) is 0 Å². The summed E-state index contributed by atoms with van der Waals surface area (Å²) in [7, 11) is 0. The Hall–Kier alpha value is -0.790. The summed E-state index contributed by atoms with van der Waals surface area (Å²) >= 11 is 0. The molecule has 2 heteroatoms. The van der Waals surface area contributed by atoms with Crippen LogP contribution in [0.1, 0.15) is 257 Å². The standard InChI is InChI=1S/C42H82N2/c1-5-8-11-13-15-17-19-20-21-22-23-25-27-29-31-34-37-41(36-33-30-28-26-24-18-16-14-12-9-6-2)42-43-38-39-44(42)40(4)35-32-10-7-3/h38-41H,5-37H2,1-4H3/p+1. The second-order valence-corrected chi connectivity index (χ2v) is 14.7. The fraction of sp³-hybridized carbons (Fsp3) is 0.929. The van der Waals surface area contributed by atoms with E-state index in [0.29, 0.717) is 12.0 Å². The quantitative estimate of drug-likeness (QED) is 0.0579. The minimum atomic E-state index is 0.619. The van der Waals surface area contributed by atoms with E-state index in [0.717, 1.165) is 0 Å². The van der Waals surface area contributed by atoms with Gasteiger partial charge in [-0.2, -0.15) is 0 Å². The van der Waals surface area contributed by atoms with E-state index in [1.807, 2.05) is 0 Å². The zero-order chi connectivity index (χ0) is 31.8. The van der Waals surface area contributed by atoms with Crippen LogP contribution in [-0.4, -0.2) is 4.98 Å². The van der Waals surface area contributed by atoms with E-state index in [1.54, 1.807) is 0 Å². The molecule has 0 bridgehead atoms. The monoisotopic (exact) mass is 616 g/mol. The molecule has 0 aromatic carbocycles. The Kier molecular flexibility index (Phi) is 30.1. The molecular weight excluding hydrogens is 532 g/mol. The Bertz CT molecular complexity index is 679. The van der Waals surface area contributed by atoms with Gasteiger partial charge in [-0.05, 0) is 32.6 Å². The predicted octanol–water partition coefficient (Wildman–Crippen LogP) is 14.9. The molecule has 1 N–H and O–H groups in total. The topological polar surface area (TPSA) is 19.7 Å². The van der Waals surface area contributed by atoms with Gasteiger partial charge in [-0.15, -0.1) is 0 Å². The molecule has 2 unspecified atom stereocenters. The molecule has 2 nitrogen and oxygen atoms in total. The van der Waals surface area contributed by atoms with Crippen LogP contribution >= 0.6 is 0 Å². The number of hydrogen-bond donors (Lipinski definition) is 1. The first-order valence-electron chi connectivity index (χ1n) is 20.8. The zero-order valence-electron chi connectivity index (χ0n) is 31.1. The number of hydrogen-bond acceptors (Lipinski definition) is 0. The van der Waals surface area contributed by atoms with Gasteiger partial charge in [-0.1, -0.05) is 207 Å². The van der Waals surface area contributed by atoms with Crippen LogP contribution in [0.25, 0.3) is 0 Å². The van der Waals surface area contributed by atoms with Gasteiger partial charge in [0.1, 0.15) is 12.4 Å². The first-order valence-corrected chi connectivity index (χ1v) is 20.8. The average Bonchev–Trinajstić information content (AvgIpc) is 3.52. The van der Waals surface area contributed by atoms with Gasteiger partial charge in [0, 0.05) is 0 Å². The van der Waals surface area contributed by atoms with Crippen molar-refractivity contribution in [2.45, 2.75) is 252 Å². The first kappa shape index (κ1) is 41.2. The highest BCUT2D eigenvalue weighted by Crippen LogP contribution is 2.27. The number of aromatic amines is 1. The summed E-state index contributed by atoms with van der Waals surface area (Å²) in [4.78, 5) is 3.73. The number of rotatable bonds is 35. The van der Waals surface area contributed by atoms with Gasteiger partial charge in [0.15, 0.2) is 0 Å². The summed E-state index contributed by atoms with van der Waals surface area (Å²) in [6.07, 6.45) is 51.7. The van der Waals surface area contributed by atoms with Crippen molar-refractivity contribution in [1.29, 1.82) is 0 Å². The van der Waals surface area contributed by atoms with Crippen molar-refractivity contribution in [3.63, 3.8) is 0 Å². The Morgan fingerprint density at radius 3 is 1.09 bits per heavy atom. The summed E-state index contributed by atoms with van der Waals surface area (Å²) in [5.74, 6) is 2.24. The van der Waals surface area contributed by atoms with Gasteiger partial charge in [-0.25, -0.2) is 9.55 Å². The van der Waals surface area contributed by atoms with Crippen LogP contribution < -0.4 is 4.57 Å². The van der Waals surface area contributed by atoms with Crippen LogP contribution in [0.2, 0.25) is 0 Å². The highest BCUT2D eigenvalue weighted by molar-refractivity contribution is 4.90. The number of H-pyrrole nitrogens is 1. The number of imidazole rings is 1. The third-order valence-electron chi connectivity index (χ3n) is 10.4. The lowest BCUT2D eigenvalue weighted by molar-refractivity contribution is -0.727. The molecular formula is C42H83N2+.